The van der Waals surface area contributed by atoms with Gasteiger partial charge in [0, 0.05) is 6.04 Å². The van der Waals surface area contributed by atoms with E-state index >= 15 is 0 Å². The Kier molecular flexibility index (Phi) is 4.09. The molecular formula is C10H13F4NO. The van der Waals surface area contributed by atoms with Crippen LogP contribution in [0, 0.1) is 0 Å². The first-order chi connectivity index (χ1) is 7.33. The van der Waals surface area contributed by atoms with Crippen LogP contribution in [0.4, 0.5) is 17.6 Å². The van der Waals surface area contributed by atoms with Crippen molar-refractivity contribution in [2.24, 2.45) is 5.73 Å². The Morgan fingerprint density at radius 2 is 2.12 bits per heavy atom. The van der Waals surface area contributed by atoms with Gasteiger partial charge in [-0.25, -0.2) is 8.78 Å². The van der Waals surface area contributed by atoms with Crippen molar-refractivity contribution in [3.05, 3.63) is 23.8 Å². The minimum atomic E-state index is -4.41. The van der Waals surface area contributed by atoms with E-state index in [0.29, 0.717) is 0 Å². The fourth-order valence-electron chi connectivity index (χ4n) is 1.30. The van der Waals surface area contributed by atoms with E-state index in [1.807, 2.05) is 0 Å². The van der Waals surface area contributed by atoms with E-state index in [9.17, 15) is 17.6 Å². The molecule has 0 fully saturated rings. The molecule has 0 aromatic heterocycles. The first kappa shape index (κ1) is 13.2. The highest BCUT2D eigenvalue weighted by atomic mass is 19.3. The number of hydrogen-bond donors (Lipinski definition) is 1. The van der Waals surface area contributed by atoms with Crippen molar-refractivity contribution in [3.63, 3.8) is 0 Å². The van der Waals surface area contributed by atoms with Crippen molar-refractivity contribution in [2.45, 2.75) is 38.0 Å². The molecule has 1 aliphatic rings. The van der Waals surface area contributed by atoms with Crippen LogP contribution in [-0.2, 0) is 4.74 Å². The summed E-state index contributed by atoms with van der Waals surface area (Å²) in [6.45, 7) is 1.74. The number of rotatable bonds is 4. The zero-order valence-electron chi connectivity index (χ0n) is 8.67. The maximum atomic E-state index is 12.5. The van der Waals surface area contributed by atoms with Gasteiger partial charge in [0.25, 0.3) is 0 Å². The van der Waals surface area contributed by atoms with Gasteiger partial charge < -0.3 is 10.5 Å². The molecule has 0 aromatic rings. The average Bonchev–Trinajstić information content (AvgIpc) is 2.17. The number of hydrogen-bond acceptors (Lipinski definition) is 2. The van der Waals surface area contributed by atoms with Crippen molar-refractivity contribution >= 4 is 0 Å². The van der Waals surface area contributed by atoms with Gasteiger partial charge in [0.1, 0.15) is 0 Å². The Morgan fingerprint density at radius 3 is 2.50 bits per heavy atom. The van der Waals surface area contributed by atoms with Gasteiger partial charge >= 0.3 is 12.5 Å². The summed E-state index contributed by atoms with van der Waals surface area (Å²) in [5, 5.41) is 0. The maximum Gasteiger partial charge on any atom is 0.417 e. The van der Waals surface area contributed by atoms with Crippen molar-refractivity contribution < 1.29 is 22.3 Å². The quantitative estimate of drug-likeness (QED) is 0.765. The number of alkyl halides is 4. The molecule has 0 heterocycles. The predicted octanol–water partition coefficient (Wildman–Crippen LogP) is 2.46. The van der Waals surface area contributed by atoms with Gasteiger partial charge in [-0.2, -0.15) is 8.78 Å². The second-order valence-corrected chi connectivity index (χ2v) is 3.61. The maximum absolute atomic E-state index is 12.5. The van der Waals surface area contributed by atoms with Gasteiger partial charge in [0.05, 0.1) is 6.10 Å². The molecule has 0 aliphatic heterocycles. The van der Waals surface area contributed by atoms with Gasteiger partial charge in [-0.1, -0.05) is 18.2 Å². The van der Waals surface area contributed by atoms with Crippen molar-refractivity contribution in [1.29, 1.82) is 0 Å². The molecule has 2 atom stereocenters. The Morgan fingerprint density at radius 1 is 1.50 bits per heavy atom. The van der Waals surface area contributed by atoms with Crippen molar-refractivity contribution in [2.75, 3.05) is 0 Å². The van der Waals surface area contributed by atoms with Gasteiger partial charge in [-0.3, -0.25) is 0 Å². The summed E-state index contributed by atoms with van der Waals surface area (Å²) in [6, 6.07) is -0.215. The lowest BCUT2D eigenvalue weighted by atomic mass is 10.0. The average molecular weight is 239 g/mol. The first-order valence-electron chi connectivity index (χ1n) is 4.80. The summed E-state index contributed by atoms with van der Waals surface area (Å²) < 4.78 is 52.8. The SMILES string of the molecule is CC(N)C1=CCC(OC(F)(F)C(F)F)C=C1. The smallest absolute Gasteiger partial charge is 0.324 e. The van der Waals surface area contributed by atoms with Crippen LogP contribution in [0.3, 0.4) is 0 Å². The Hall–Kier alpha value is -0.880. The van der Waals surface area contributed by atoms with Crippen LogP contribution in [0.1, 0.15) is 13.3 Å². The Bertz CT molecular complexity index is 299. The Balaban J connectivity index is 2.54. The summed E-state index contributed by atoms with van der Waals surface area (Å²) in [7, 11) is 0. The zero-order valence-corrected chi connectivity index (χ0v) is 8.67. The minimum absolute atomic E-state index is 0.121. The highest BCUT2D eigenvalue weighted by Crippen LogP contribution is 2.28. The summed E-state index contributed by atoms with van der Waals surface area (Å²) in [5.41, 5.74) is 6.34. The molecule has 0 aromatic carbocycles. The minimum Gasteiger partial charge on any atom is -0.324 e. The zero-order chi connectivity index (χ0) is 12.3. The summed E-state index contributed by atoms with van der Waals surface area (Å²) in [4.78, 5) is 0. The second-order valence-electron chi connectivity index (χ2n) is 3.61. The highest BCUT2D eigenvalue weighted by Gasteiger charge is 2.44. The molecule has 0 saturated heterocycles. The standard InChI is InChI=1S/C10H13F4NO/c1-6(15)7-2-4-8(5-3-7)16-10(13,14)9(11)12/h2-4,6,8-9H,5,15H2,1H3. The van der Waals surface area contributed by atoms with Crippen LogP contribution in [0.25, 0.3) is 0 Å². The molecule has 1 rings (SSSR count). The third-order valence-electron chi connectivity index (χ3n) is 2.18. The number of nitrogens with two attached hydrogens (primary N) is 1. The van der Waals surface area contributed by atoms with E-state index in [2.05, 4.69) is 4.74 Å². The van der Waals surface area contributed by atoms with E-state index in [4.69, 9.17) is 5.73 Å². The fourth-order valence-corrected chi connectivity index (χ4v) is 1.30. The van der Waals surface area contributed by atoms with Crippen molar-refractivity contribution in [3.8, 4) is 0 Å². The molecule has 0 spiro atoms. The van der Waals surface area contributed by atoms with Gasteiger partial charge in [-0.15, -0.1) is 0 Å². The monoisotopic (exact) mass is 239 g/mol. The lowest BCUT2D eigenvalue weighted by Crippen LogP contribution is -2.34. The van der Waals surface area contributed by atoms with Crippen LogP contribution in [0.15, 0.2) is 23.8 Å². The summed E-state index contributed by atoms with van der Waals surface area (Å²) in [6.07, 6.45) is -4.71. The molecule has 92 valence electrons. The summed E-state index contributed by atoms with van der Waals surface area (Å²) >= 11 is 0. The van der Waals surface area contributed by atoms with Crippen LogP contribution in [-0.4, -0.2) is 24.7 Å². The summed E-state index contributed by atoms with van der Waals surface area (Å²) in [5.74, 6) is 0. The van der Waals surface area contributed by atoms with E-state index in [-0.39, 0.29) is 12.5 Å². The van der Waals surface area contributed by atoms with Gasteiger partial charge in [0.2, 0.25) is 0 Å². The molecular weight excluding hydrogens is 226 g/mol. The van der Waals surface area contributed by atoms with E-state index in [0.717, 1.165) is 5.57 Å². The number of ether oxygens (including phenoxy) is 1. The fraction of sp³-hybridized carbons (Fsp3) is 0.600. The third-order valence-corrected chi connectivity index (χ3v) is 2.18. The highest BCUT2D eigenvalue weighted by molar-refractivity contribution is 5.28. The largest absolute Gasteiger partial charge is 0.417 e. The van der Waals surface area contributed by atoms with E-state index in [1.165, 1.54) is 12.2 Å². The van der Waals surface area contributed by atoms with E-state index in [1.54, 1.807) is 13.0 Å². The van der Waals surface area contributed by atoms with E-state index < -0.39 is 18.6 Å². The van der Waals surface area contributed by atoms with Crippen LogP contribution in [0.5, 0.6) is 0 Å². The third kappa shape index (κ3) is 3.31. The molecule has 2 N–H and O–H groups in total. The topological polar surface area (TPSA) is 35.2 Å². The van der Waals surface area contributed by atoms with Crippen molar-refractivity contribution in [1.82, 2.24) is 0 Å². The molecule has 0 saturated carbocycles. The predicted molar refractivity (Wildman–Crippen MR) is 51.3 cm³/mol. The van der Waals surface area contributed by atoms with Crippen LogP contribution in [0.2, 0.25) is 0 Å². The lowest BCUT2D eigenvalue weighted by molar-refractivity contribution is -0.311. The van der Waals surface area contributed by atoms with Crippen LogP contribution >= 0.6 is 0 Å². The molecule has 16 heavy (non-hydrogen) atoms. The molecule has 0 radical (unpaired) electrons. The second kappa shape index (κ2) is 4.97. The first-order valence-corrected chi connectivity index (χ1v) is 4.80. The molecule has 2 nitrogen and oxygen atoms in total. The van der Waals surface area contributed by atoms with Crippen LogP contribution < -0.4 is 5.73 Å². The molecule has 2 unspecified atom stereocenters. The molecule has 0 bridgehead atoms. The lowest BCUT2D eigenvalue weighted by Gasteiger charge is -2.23. The van der Waals surface area contributed by atoms with Gasteiger partial charge in [0.15, 0.2) is 0 Å². The molecule has 6 heteroatoms. The van der Waals surface area contributed by atoms with Gasteiger partial charge in [-0.05, 0) is 18.9 Å². The number of halogens is 4. The molecule has 1 aliphatic carbocycles. The normalized spacial score (nSPS) is 23.4. The Labute approximate surface area is 90.8 Å². The molecule has 0 amide bonds.